The summed E-state index contributed by atoms with van der Waals surface area (Å²) >= 11 is 0. The van der Waals surface area contributed by atoms with E-state index in [4.69, 9.17) is 9.84 Å². The number of aliphatic hydroxyl groups is 1. The molecule has 0 radical (unpaired) electrons. The monoisotopic (exact) mass is 342 g/mol. The van der Waals surface area contributed by atoms with Crippen molar-refractivity contribution in [2.75, 3.05) is 6.79 Å². The summed E-state index contributed by atoms with van der Waals surface area (Å²) in [6.45, 7) is 1.95. The summed E-state index contributed by atoms with van der Waals surface area (Å²) in [5.41, 5.74) is 0.537. The number of hydrogen-bond acceptors (Lipinski definition) is 2. The molecule has 1 N–H and O–H groups in total. The quantitative estimate of drug-likeness (QED) is 0.344. The molecular formula is C20H32F2O2. The molecule has 2 nitrogen and oxygen atoms in total. The second-order valence-corrected chi connectivity index (χ2v) is 6.46. The van der Waals surface area contributed by atoms with Gasteiger partial charge in [0.1, 0.15) is 18.4 Å². The van der Waals surface area contributed by atoms with Gasteiger partial charge in [0.25, 0.3) is 0 Å². The molecule has 0 bridgehead atoms. The van der Waals surface area contributed by atoms with Crippen LogP contribution in [0.4, 0.5) is 8.78 Å². The van der Waals surface area contributed by atoms with Crippen LogP contribution in [0.5, 0.6) is 0 Å². The fourth-order valence-corrected chi connectivity index (χ4v) is 2.99. The number of rotatable bonds is 14. The second kappa shape index (κ2) is 13.3. The van der Waals surface area contributed by atoms with Gasteiger partial charge in [0.15, 0.2) is 0 Å². The highest BCUT2D eigenvalue weighted by molar-refractivity contribution is 5.18. The van der Waals surface area contributed by atoms with Crippen molar-refractivity contribution in [1.82, 2.24) is 0 Å². The lowest BCUT2D eigenvalue weighted by Gasteiger charge is -2.16. The van der Waals surface area contributed by atoms with Crippen LogP contribution in [0.2, 0.25) is 0 Å². The van der Waals surface area contributed by atoms with Crippen molar-refractivity contribution >= 4 is 0 Å². The summed E-state index contributed by atoms with van der Waals surface area (Å²) in [7, 11) is 0. The van der Waals surface area contributed by atoms with Crippen molar-refractivity contribution in [3.8, 4) is 0 Å². The van der Waals surface area contributed by atoms with Gasteiger partial charge in [-0.15, -0.1) is 0 Å². The van der Waals surface area contributed by atoms with E-state index in [1.807, 2.05) is 0 Å². The maximum Gasteiger partial charge on any atom is 0.143 e. The maximum atomic E-state index is 13.6. The van der Waals surface area contributed by atoms with Crippen LogP contribution in [-0.2, 0) is 11.2 Å². The SMILES string of the molecule is CCCCCCCCCC(CCCc1ccc(F)cc1F)OCO. The average Bonchev–Trinajstić information content (AvgIpc) is 2.56. The van der Waals surface area contributed by atoms with Gasteiger partial charge >= 0.3 is 0 Å². The maximum absolute atomic E-state index is 13.6. The number of aliphatic hydroxyl groups excluding tert-OH is 1. The van der Waals surface area contributed by atoms with Crippen LogP contribution in [0.1, 0.15) is 76.7 Å². The van der Waals surface area contributed by atoms with Gasteiger partial charge in [-0.25, -0.2) is 8.78 Å². The summed E-state index contributed by atoms with van der Waals surface area (Å²) < 4.78 is 31.8. The van der Waals surface area contributed by atoms with E-state index in [0.29, 0.717) is 12.0 Å². The van der Waals surface area contributed by atoms with Crippen molar-refractivity contribution in [1.29, 1.82) is 0 Å². The number of benzene rings is 1. The van der Waals surface area contributed by atoms with E-state index in [9.17, 15) is 8.78 Å². The Bertz CT molecular complexity index is 438. The van der Waals surface area contributed by atoms with Crippen LogP contribution in [0.15, 0.2) is 18.2 Å². The molecule has 138 valence electrons. The minimum Gasteiger partial charge on any atom is -0.371 e. The number of aryl methyl sites for hydroxylation is 1. The molecule has 1 rings (SSSR count). The topological polar surface area (TPSA) is 29.5 Å². The molecule has 1 aromatic carbocycles. The summed E-state index contributed by atoms with van der Waals surface area (Å²) in [5, 5.41) is 9.00. The molecule has 0 aromatic heterocycles. The van der Waals surface area contributed by atoms with Crippen molar-refractivity contribution in [3.63, 3.8) is 0 Å². The Hall–Kier alpha value is -1.00. The van der Waals surface area contributed by atoms with E-state index in [0.717, 1.165) is 31.7 Å². The zero-order chi connectivity index (χ0) is 17.6. The first-order chi connectivity index (χ1) is 11.7. The predicted octanol–water partition coefficient (Wildman–Crippen LogP) is 5.76. The molecule has 0 fully saturated rings. The van der Waals surface area contributed by atoms with Gasteiger partial charge in [-0.3, -0.25) is 0 Å². The van der Waals surface area contributed by atoms with Crippen LogP contribution >= 0.6 is 0 Å². The molecule has 0 saturated heterocycles. The van der Waals surface area contributed by atoms with Gasteiger partial charge < -0.3 is 9.84 Å². The summed E-state index contributed by atoms with van der Waals surface area (Å²) in [6.07, 6.45) is 11.8. The predicted molar refractivity (Wildman–Crippen MR) is 93.9 cm³/mol. The Morgan fingerprint density at radius 1 is 0.958 bits per heavy atom. The molecule has 0 saturated carbocycles. The van der Waals surface area contributed by atoms with Crippen molar-refractivity contribution in [2.45, 2.75) is 83.7 Å². The second-order valence-electron chi connectivity index (χ2n) is 6.46. The van der Waals surface area contributed by atoms with Crippen molar-refractivity contribution in [3.05, 3.63) is 35.4 Å². The van der Waals surface area contributed by atoms with Gasteiger partial charge in [-0.2, -0.15) is 0 Å². The summed E-state index contributed by atoms with van der Waals surface area (Å²) in [5.74, 6) is -1.03. The van der Waals surface area contributed by atoms with E-state index in [1.165, 1.54) is 50.7 Å². The minimum atomic E-state index is -0.545. The molecule has 4 heteroatoms. The Balaban J connectivity index is 2.20. The molecule has 0 spiro atoms. The first kappa shape index (κ1) is 21.0. The number of unbranched alkanes of at least 4 members (excludes halogenated alkanes) is 6. The molecule has 1 atom stereocenters. The number of ether oxygens (including phenoxy) is 1. The summed E-state index contributed by atoms with van der Waals surface area (Å²) in [6, 6.07) is 3.72. The van der Waals surface area contributed by atoms with Gasteiger partial charge in [0, 0.05) is 6.07 Å². The lowest BCUT2D eigenvalue weighted by atomic mass is 10.0. The molecule has 0 amide bonds. The average molecular weight is 342 g/mol. The smallest absolute Gasteiger partial charge is 0.143 e. The molecule has 0 aliphatic carbocycles. The van der Waals surface area contributed by atoms with Crippen LogP contribution in [0.25, 0.3) is 0 Å². The number of halogens is 2. The first-order valence-corrected chi connectivity index (χ1v) is 9.33. The molecular weight excluding hydrogens is 310 g/mol. The lowest BCUT2D eigenvalue weighted by molar-refractivity contribution is -0.0570. The van der Waals surface area contributed by atoms with Gasteiger partial charge in [-0.05, 0) is 37.3 Å². The Morgan fingerprint density at radius 3 is 2.29 bits per heavy atom. The van der Waals surface area contributed by atoms with E-state index >= 15 is 0 Å². The van der Waals surface area contributed by atoms with Crippen molar-refractivity contribution in [2.24, 2.45) is 0 Å². The third-order valence-electron chi connectivity index (χ3n) is 4.43. The molecule has 1 unspecified atom stereocenters. The van der Waals surface area contributed by atoms with Gasteiger partial charge in [0.05, 0.1) is 6.10 Å². The number of hydrogen-bond donors (Lipinski definition) is 1. The standard InChI is InChI=1S/C20H32F2O2/c1-2-3-4-5-6-7-8-11-19(24-16-23)12-9-10-17-13-14-18(21)15-20(17)22/h13-15,19,23H,2-12,16H2,1H3. The summed E-state index contributed by atoms with van der Waals surface area (Å²) in [4.78, 5) is 0. The largest absolute Gasteiger partial charge is 0.371 e. The highest BCUT2D eigenvalue weighted by atomic mass is 19.1. The highest BCUT2D eigenvalue weighted by Crippen LogP contribution is 2.17. The molecule has 0 aliphatic rings. The fourth-order valence-electron chi connectivity index (χ4n) is 2.99. The van der Waals surface area contributed by atoms with Crippen molar-refractivity contribution < 1.29 is 18.6 Å². The zero-order valence-electron chi connectivity index (χ0n) is 14.9. The molecule has 0 heterocycles. The Labute approximate surface area is 145 Å². The molecule has 1 aromatic rings. The van der Waals surface area contributed by atoms with Crippen LogP contribution in [0, 0.1) is 11.6 Å². The van der Waals surface area contributed by atoms with Crippen LogP contribution < -0.4 is 0 Å². The first-order valence-electron chi connectivity index (χ1n) is 9.33. The highest BCUT2D eigenvalue weighted by Gasteiger charge is 2.10. The third-order valence-corrected chi connectivity index (χ3v) is 4.43. The molecule has 0 aliphatic heterocycles. The lowest BCUT2D eigenvalue weighted by Crippen LogP contribution is -2.14. The van der Waals surface area contributed by atoms with Crippen LogP contribution in [0.3, 0.4) is 0 Å². The fraction of sp³-hybridized carbons (Fsp3) is 0.700. The Morgan fingerprint density at radius 2 is 1.62 bits per heavy atom. The minimum absolute atomic E-state index is 0.0224. The Kier molecular flexibility index (Phi) is 11.7. The van der Waals surface area contributed by atoms with E-state index in [2.05, 4.69) is 6.92 Å². The van der Waals surface area contributed by atoms with Crippen LogP contribution in [-0.4, -0.2) is 18.0 Å². The van der Waals surface area contributed by atoms with E-state index in [-0.39, 0.29) is 12.9 Å². The normalized spacial score (nSPS) is 12.5. The third kappa shape index (κ3) is 9.33. The molecule has 24 heavy (non-hydrogen) atoms. The van der Waals surface area contributed by atoms with Gasteiger partial charge in [-0.1, -0.05) is 57.9 Å². The van der Waals surface area contributed by atoms with E-state index in [1.54, 1.807) is 0 Å². The zero-order valence-corrected chi connectivity index (χ0v) is 14.9. The van der Waals surface area contributed by atoms with E-state index < -0.39 is 11.6 Å². The van der Waals surface area contributed by atoms with Gasteiger partial charge in [0.2, 0.25) is 0 Å².